The summed E-state index contributed by atoms with van der Waals surface area (Å²) in [4.78, 5) is 16.1. The molecule has 20 heavy (non-hydrogen) atoms. The Bertz CT molecular complexity index is 711. The average Bonchev–Trinajstić information content (AvgIpc) is 3.17. The Hall–Kier alpha value is -2.34. The Labute approximate surface area is 118 Å². The predicted octanol–water partition coefficient (Wildman–Crippen LogP) is 3.66. The van der Waals surface area contributed by atoms with Gasteiger partial charge in [-0.05, 0) is 19.1 Å². The standard InChI is InChI=1S/C14H11NO4S/c1-9-10(3-5-18-9)7-19-14(16)12-8-20-13(15-12)11-2-4-17-6-11/h2-6,8H,7H2,1H3. The maximum Gasteiger partial charge on any atom is 0.358 e. The molecule has 3 aromatic rings. The van der Waals surface area contributed by atoms with Crippen molar-refractivity contribution < 1.29 is 18.4 Å². The zero-order chi connectivity index (χ0) is 13.9. The summed E-state index contributed by atoms with van der Waals surface area (Å²) in [5.74, 6) is 0.298. The molecule has 3 aromatic heterocycles. The van der Waals surface area contributed by atoms with Crippen LogP contribution < -0.4 is 0 Å². The number of aromatic nitrogens is 1. The number of ether oxygens (including phenoxy) is 1. The van der Waals surface area contributed by atoms with Crippen molar-refractivity contribution in [2.45, 2.75) is 13.5 Å². The first-order valence-corrected chi connectivity index (χ1v) is 6.80. The highest BCUT2D eigenvalue weighted by Crippen LogP contribution is 2.24. The van der Waals surface area contributed by atoms with Crippen LogP contribution in [0.5, 0.6) is 0 Å². The van der Waals surface area contributed by atoms with Gasteiger partial charge in [-0.3, -0.25) is 0 Å². The molecule has 0 saturated carbocycles. The topological polar surface area (TPSA) is 65.5 Å². The summed E-state index contributed by atoms with van der Waals surface area (Å²) in [5.41, 5.74) is 2.00. The van der Waals surface area contributed by atoms with Gasteiger partial charge in [0.05, 0.1) is 12.5 Å². The molecule has 0 aliphatic carbocycles. The van der Waals surface area contributed by atoms with E-state index in [1.165, 1.54) is 11.3 Å². The lowest BCUT2D eigenvalue weighted by atomic mass is 10.3. The average molecular weight is 289 g/mol. The third-order valence-electron chi connectivity index (χ3n) is 2.81. The minimum Gasteiger partial charge on any atom is -0.472 e. The largest absolute Gasteiger partial charge is 0.472 e. The van der Waals surface area contributed by atoms with Gasteiger partial charge in [0, 0.05) is 16.5 Å². The van der Waals surface area contributed by atoms with Crippen LogP contribution in [0.4, 0.5) is 0 Å². The number of aryl methyl sites for hydroxylation is 1. The Morgan fingerprint density at radius 1 is 1.40 bits per heavy atom. The highest BCUT2D eigenvalue weighted by atomic mass is 32.1. The summed E-state index contributed by atoms with van der Waals surface area (Å²) in [5, 5.41) is 2.40. The molecule has 0 aliphatic rings. The van der Waals surface area contributed by atoms with E-state index in [1.54, 1.807) is 36.3 Å². The maximum absolute atomic E-state index is 11.9. The molecular formula is C14H11NO4S. The fourth-order valence-corrected chi connectivity index (χ4v) is 2.44. The molecule has 0 N–H and O–H groups in total. The Morgan fingerprint density at radius 3 is 3.00 bits per heavy atom. The van der Waals surface area contributed by atoms with Crippen molar-refractivity contribution in [1.82, 2.24) is 4.98 Å². The third-order valence-corrected chi connectivity index (χ3v) is 3.70. The number of thiazole rings is 1. The van der Waals surface area contributed by atoms with Gasteiger partial charge in [-0.25, -0.2) is 9.78 Å². The molecule has 0 amide bonds. The van der Waals surface area contributed by atoms with Gasteiger partial charge in [0.15, 0.2) is 5.69 Å². The molecule has 0 saturated heterocycles. The van der Waals surface area contributed by atoms with Gasteiger partial charge in [0.25, 0.3) is 0 Å². The molecule has 0 aliphatic heterocycles. The molecule has 102 valence electrons. The SMILES string of the molecule is Cc1occc1COC(=O)c1csc(-c2ccoc2)n1. The second-order valence-electron chi connectivity index (χ2n) is 4.13. The van der Waals surface area contributed by atoms with E-state index in [0.717, 1.165) is 21.9 Å². The number of furan rings is 2. The minimum absolute atomic E-state index is 0.180. The molecule has 0 atom stereocenters. The van der Waals surface area contributed by atoms with Crippen molar-refractivity contribution >= 4 is 17.3 Å². The Kier molecular flexibility index (Phi) is 3.39. The van der Waals surface area contributed by atoms with Crippen molar-refractivity contribution in [2.24, 2.45) is 0 Å². The van der Waals surface area contributed by atoms with Gasteiger partial charge in [-0.15, -0.1) is 11.3 Å². The molecule has 3 heterocycles. The van der Waals surface area contributed by atoms with Crippen LogP contribution >= 0.6 is 11.3 Å². The summed E-state index contributed by atoms with van der Waals surface area (Å²) in [6.45, 7) is 2.00. The highest BCUT2D eigenvalue weighted by Gasteiger charge is 2.14. The second kappa shape index (κ2) is 5.34. The van der Waals surface area contributed by atoms with E-state index in [0.29, 0.717) is 5.69 Å². The van der Waals surface area contributed by atoms with Crippen molar-refractivity contribution in [3.63, 3.8) is 0 Å². The fourth-order valence-electron chi connectivity index (χ4n) is 1.66. The monoisotopic (exact) mass is 289 g/mol. The summed E-state index contributed by atoms with van der Waals surface area (Å²) in [6.07, 6.45) is 4.72. The van der Waals surface area contributed by atoms with Crippen LogP contribution in [0.2, 0.25) is 0 Å². The van der Waals surface area contributed by atoms with E-state index >= 15 is 0 Å². The van der Waals surface area contributed by atoms with Crippen LogP contribution in [0.25, 0.3) is 10.6 Å². The molecule has 6 heteroatoms. The molecule has 0 fully saturated rings. The van der Waals surface area contributed by atoms with Crippen LogP contribution in [-0.2, 0) is 11.3 Å². The van der Waals surface area contributed by atoms with Gasteiger partial charge >= 0.3 is 5.97 Å². The number of rotatable bonds is 4. The lowest BCUT2D eigenvalue weighted by Gasteiger charge is -2.01. The first kappa shape index (κ1) is 12.7. The van der Waals surface area contributed by atoms with E-state index < -0.39 is 5.97 Å². The Balaban J connectivity index is 1.67. The third kappa shape index (κ3) is 2.50. The number of hydrogen-bond acceptors (Lipinski definition) is 6. The fraction of sp³-hybridized carbons (Fsp3) is 0.143. The molecule has 5 nitrogen and oxygen atoms in total. The van der Waals surface area contributed by atoms with Crippen molar-refractivity contribution in [2.75, 3.05) is 0 Å². The van der Waals surface area contributed by atoms with Crippen molar-refractivity contribution in [1.29, 1.82) is 0 Å². The molecule has 3 rings (SSSR count). The first-order valence-electron chi connectivity index (χ1n) is 5.92. The minimum atomic E-state index is -0.448. The zero-order valence-electron chi connectivity index (χ0n) is 10.7. The summed E-state index contributed by atoms with van der Waals surface area (Å²) < 4.78 is 15.3. The van der Waals surface area contributed by atoms with Crippen LogP contribution in [0.1, 0.15) is 21.8 Å². The quantitative estimate of drug-likeness (QED) is 0.686. The lowest BCUT2D eigenvalue weighted by molar-refractivity contribution is 0.0465. The summed E-state index contributed by atoms with van der Waals surface area (Å²) >= 11 is 1.37. The smallest absolute Gasteiger partial charge is 0.358 e. The summed E-state index contributed by atoms with van der Waals surface area (Å²) in [7, 11) is 0. The van der Waals surface area contributed by atoms with E-state index in [2.05, 4.69) is 4.98 Å². The van der Waals surface area contributed by atoms with Crippen LogP contribution in [0.15, 0.2) is 45.1 Å². The van der Waals surface area contributed by atoms with Crippen LogP contribution in [-0.4, -0.2) is 11.0 Å². The molecule has 0 radical (unpaired) electrons. The zero-order valence-corrected chi connectivity index (χ0v) is 11.5. The number of nitrogens with zero attached hydrogens (tertiary/aromatic N) is 1. The van der Waals surface area contributed by atoms with E-state index in [4.69, 9.17) is 13.6 Å². The number of esters is 1. The molecule has 0 spiro atoms. The lowest BCUT2D eigenvalue weighted by Crippen LogP contribution is -2.05. The second-order valence-corrected chi connectivity index (χ2v) is 4.99. The van der Waals surface area contributed by atoms with E-state index in [9.17, 15) is 4.79 Å². The van der Waals surface area contributed by atoms with Gasteiger partial charge < -0.3 is 13.6 Å². The maximum atomic E-state index is 11.9. The molecule has 0 unspecified atom stereocenters. The van der Waals surface area contributed by atoms with Gasteiger partial charge in [-0.2, -0.15) is 0 Å². The van der Waals surface area contributed by atoms with Gasteiger partial charge in [-0.1, -0.05) is 0 Å². The van der Waals surface area contributed by atoms with E-state index in [-0.39, 0.29) is 6.61 Å². The van der Waals surface area contributed by atoms with Crippen LogP contribution in [0.3, 0.4) is 0 Å². The number of hydrogen-bond donors (Lipinski definition) is 0. The van der Waals surface area contributed by atoms with Gasteiger partial charge in [0.1, 0.15) is 23.6 Å². The number of carbonyl (C=O) groups is 1. The molecule has 0 aromatic carbocycles. The first-order chi connectivity index (χ1) is 9.74. The van der Waals surface area contributed by atoms with Crippen molar-refractivity contribution in [3.8, 4) is 10.6 Å². The molecule has 0 bridgehead atoms. The predicted molar refractivity (Wildman–Crippen MR) is 72.4 cm³/mol. The number of carbonyl (C=O) groups excluding carboxylic acids is 1. The normalized spacial score (nSPS) is 10.7. The molecular weight excluding hydrogens is 278 g/mol. The van der Waals surface area contributed by atoms with E-state index in [1.807, 2.05) is 6.92 Å². The summed E-state index contributed by atoms with van der Waals surface area (Å²) in [6, 6.07) is 3.57. The van der Waals surface area contributed by atoms with Crippen molar-refractivity contribution in [3.05, 3.63) is 53.3 Å². The Morgan fingerprint density at radius 2 is 2.30 bits per heavy atom. The van der Waals surface area contributed by atoms with Crippen LogP contribution in [0, 0.1) is 6.92 Å². The highest BCUT2D eigenvalue weighted by molar-refractivity contribution is 7.13. The van der Waals surface area contributed by atoms with Gasteiger partial charge in [0.2, 0.25) is 0 Å².